The maximum atomic E-state index is 14.3. The molecule has 0 fully saturated rings. The maximum Gasteiger partial charge on any atom is 0.341 e. The van der Waals surface area contributed by atoms with Gasteiger partial charge < -0.3 is 20.3 Å². The number of anilines is 2. The number of hydrogen-bond donors (Lipinski definition) is 2. The van der Waals surface area contributed by atoms with Crippen LogP contribution in [0.1, 0.15) is 42.5 Å². The summed E-state index contributed by atoms with van der Waals surface area (Å²) in [7, 11) is 4.54. The molecule has 2 N–H and O–H groups in total. The topological polar surface area (TPSA) is 88.5 Å². The van der Waals surface area contributed by atoms with Crippen molar-refractivity contribution in [3.05, 3.63) is 62.0 Å². The van der Waals surface area contributed by atoms with E-state index in [0.717, 1.165) is 11.3 Å². The van der Waals surface area contributed by atoms with Gasteiger partial charge in [-0.25, -0.2) is 9.18 Å². The molecule has 0 atom stereocenters. The molecule has 1 aromatic carbocycles. The van der Waals surface area contributed by atoms with Crippen molar-refractivity contribution in [1.82, 2.24) is 14.7 Å². The van der Waals surface area contributed by atoms with Crippen LogP contribution >= 0.6 is 35.2 Å². The van der Waals surface area contributed by atoms with E-state index in [4.69, 9.17) is 28.6 Å². The van der Waals surface area contributed by atoms with Gasteiger partial charge in [-0.2, -0.15) is 5.10 Å². The number of rotatable bonds is 6. The summed E-state index contributed by atoms with van der Waals surface area (Å²) in [6, 6.07) is 4.52. The van der Waals surface area contributed by atoms with Crippen LogP contribution in [0, 0.1) is 26.6 Å². The van der Waals surface area contributed by atoms with E-state index in [1.54, 1.807) is 44.8 Å². The Bertz CT molecular complexity index is 1300. The molecule has 8 nitrogen and oxygen atoms in total. The zero-order valence-corrected chi connectivity index (χ0v) is 22.5. The van der Waals surface area contributed by atoms with Crippen molar-refractivity contribution in [2.24, 2.45) is 0 Å². The fourth-order valence-corrected chi connectivity index (χ4v) is 5.18. The number of carbonyl (C=O) groups excluding carboxylic acids is 2. The molecule has 0 saturated carbocycles. The minimum atomic E-state index is -0.580. The van der Waals surface area contributed by atoms with Crippen molar-refractivity contribution in [1.29, 1.82) is 0 Å². The summed E-state index contributed by atoms with van der Waals surface area (Å²) in [5, 5.41) is 11.5. The summed E-state index contributed by atoms with van der Waals surface area (Å²) in [5.41, 5.74) is 3.07. The van der Waals surface area contributed by atoms with E-state index in [1.165, 1.54) is 18.1 Å². The summed E-state index contributed by atoms with van der Waals surface area (Å²) >= 11 is 12.8. The smallest absolute Gasteiger partial charge is 0.341 e. The van der Waals surface area contributed by atoms with E-state index in [1.807, 2.05) is 6.92 Å². The second kappa shape index (κ2) is 10.7. The van der Waals surface area contributed by atoms with Crippen LogP contribution in [0.15, 0.2) is 18.2 Å². The highest BCUT2D eigenvalue weighted by molar-refractivity contribution is 7.80. The number of aromatic nitrogens is 2. The molecule has 1 amide bonds. The van der Waals surface area contributed by atoms with Crippen LogP contribution in [0.2, 0.25) is 5.02 Å². The molecule has 3 rings (SSSR count). The molecular weight excluding hydrogens is 513 g/mol. The Morgan fingerprint density at radius 3 is 2.54 bits per heavy atom. The molecule has 186 valence electrons. The molecule has 0 aliphatic heterocycles. The number of hydrogen-bond acceptors (Lipinski definition) is 6. The van der Waals surface area contributed by atoms with Gasteiger partial charge in [-0.3, -0.25) is 9.48 Å². The first kappa shape index (κ1) is 26.6. The van der Waals surface area contributed by atoms with Crippen molar-refractivity contribution < 1.29 is 18.7 Å². The van der Waals surface area contributed by atoms with Crippen molar-refractivity contribution in [3.8, 4) is 0 Å². The Morgan fingerprint density at radius 2 is 1.94 bits per heavy atom. The highest BCUT2D eigenvalue weighted by atomic mass is 35.5. The third-order valence-corrected chi connectivity index (χ3v) is 7.11. The molecule has 2 heterocycles. The maximum absolute atomic E-state index is 14.3. The monoisotopic (exact) mass is 537 g/mol. The number of aryl methyl sites for hydroxylation is 1. The Morgan fingerprint density at radius 1 is 1.26 bits per heavy atom. The Balaban J connectivity index is 1.87. The second-order valence-electron chi connectivity index (χ2n) is 7.93. The molecule has 3 aromatic rings. The molecule has 0 spiro atoms. The van der Waals surface area contributed by atoms with E-state index in [9.17, 15) is 14.0 Å². The van der Waals surface area contributed by atoms with Crippen LogP contribution in [0.5, 0.6) is 0 Å². The van der Waals surface area contributed by atoms with E-state index in [-0.39, 0.29) is 23.1 Å². The third-order valence-electron chi connectivity index (χ3n) is 5.35. The number of esters is 1. The van der Waals surface area contributed by atoms with Gasteiger partial charge in [0.1, 0.15) is 10.8 Å². The second-order valence-corrected chi connectivity index (χ2v) is 9.77. The lowest BCUT2D eigenvalue weighted by Crippen LogP contribution is -2.21. The van der Waals surface area contributed by atoms with E-state index >= 15 is 0 Å². The zero-order valence-electron chi connectivity index (χ0n) is 20.1. The molecule has 2 aromatic heterocycles. The largest absolute Gasteiger partial charge is 0.465 e. The first-order chi connectivity index (χ1) is 16.5. The van der Waals surface area contributed by atoms with Gasteiger partial charge in [0.25, 0.3) is 5.91 Å². The molecule has 0 bridgehead atoms. The summed E-state index contributed by atoms with van der Waals surface area (Å²) in [4.78, 5) is 26.9. The van der Waals surface area contributed by atoms with E-state index in [0.29, 0.717) is 43.1 Å². The Hall–Kier alpha value is -3.02. The summed E-state index contributed by atoms with van der Waals surface area (Å²) in [6.07, 6.45) is 0. The standard InChI is InChI=1S/C23H25ClFN5O3S2/c1-11-17(22(32)33-6)20(35-19(11)21(31)29(4)5)27-23(34)26-18-12(2)28-30(13(18)3)10-14-15(24)8-7-9-16(14)25/h7-9H,10H2,1-6H3,(H2,26,27,34). The fraction of sp³-hybridized carbons (Fsp3) is 0.304. The first-order valence-corrected chi connectivity index (χ1v) is 12.0. The third kappa shape index (κ3) is 5.47. The van der Waals surface area contributed by atoms with E-state index in [2.05, 4.69) is 15.7 Å². The number of amides is 1. The van der Waals surface area contributed by atoms with Crippen LogP contribution in [0.3, 0.4) is 0 Å². The summed E-state index contributed by atoms with van der Waals surface area (Å²) in [6.45, 7) is 5.45. The Kier molecular flexibility index (Phi) is 8.14. The molecule has 35 heavy (non-hydrogen) atoms. The Labute approximate surface area is 217 Å². The van der Waals surface area contributed by atoms with Gasteiger partial charge in [-0.05, 0) is 50.7 Å². The molecular formula is C23H25ClFN5O3S2. The number of benzene rings is 1. The van der Waals surface area contributed by atoms with Crippen LogP contribution in [-0.4, -0.2) is 52.9 Å². The molecule has 12 heteroatoms. The number of carbonyl (C=O) groups is 2. The van der Waals surface area contributed by atoms with Crippen molar-refractivity contribution in [2.45, 2.75) is 27.3 Å². The highest BCUT2D eigenvalue weighted by Crippen LogP contribution is 2.34. The number of thiocarbonyl (C=S) groups is 1. The van der Waals surface area contributed by atoms with Crippen LogP contribution in [0.4, 0.5) is 15.1 Å². The minimum absolute atomic E-state index is 0.146. The van der Waals surface area contributed by atoms with Gasteiger partial charge in [-0.15, -0.1) is 11.3 Å². The van der Waals surface area contributed by atoms with Crippen LogP contribution in [-0.2, 0) is 11.3 Å². The predicted octanol–water partition coefficient (Wildman–Crippen LogP) is 5.01. The predicted molar refractivity (Wildman–Crippen MR) is 140 cm³/mol. The minimum Gasteiger partial charge on any atom is -0.465 e. The van der Waals surface area contributed by atoms with E-state index < -0.39 is 11.8 Å². The zero-order chi connectivity index (χ0) is 26.0. The van der Waals surface area contributed by atoms with Crippen molar-refractivity contribution in [2.75, 3.05) is 31.8 Å². The SMILES string of the molecule is COC(=O)c1c(NC(=S)Nc2c(C)nn(Cc3c(F)cccc3Cl)c2C)sc(C(=O)N(C)C)c1C. The molecule has 0 aliphatic rings. The van der Waals surface area contributed by atoms with Crippen LogP contribution < -0.4 is 10.6 Å². The number of ether oxygens (including phenoxy) is 1. The van der Waals surface area contributed by atoms with Gasteiger partial charge >= 0.3 is 5.97 Å². The molecule has 0 unspecified atom stereocenters. The highest BCUT2D eigenvalue weighted by Gasteiger charge is 2.27. The van der Waals surface area contributed by atoms with Gasteiger partial charge in [0.15, 0.2) is 5.11 Å². The summed E-state index contributed by atoms with van der Waals surface area (Å²) in [5.74, 6) is -1.23. The number of nitrogens with zero attached hydrogens (tertiary/aromatic N) is 3. The number of methoxy groups -OCH3 is 1. The average molecular weight is 538 g/mol. The average Bonchev–Trinajstić information content (AvgIpc) is 3.25. The molecule has 0 saturated heterocycles. The van der Waals surface area contributed by atoms with Crippen molar-refractivity contribution in [3.63, 3.8) is 0 Å². The van der Waals surface area contributed by atoms with Crippen molar-refractivity contribution >= 4 is 62.8 Å². The molecule has 0 aliphatic carbocycles. The lowest BCUT2D eigenvalue weighted by Gasteiger charge is -2.12. The molecule has 0 radical (unpaired) electrons. The lowest BCUT2D eigenvalue weighted by molar-refractivity contribution is 0.0601. The number of nitrogens with one attached hydrogen (secondary N) is 2. The van der Waals surface area contributed by atoms with Crippen LogP contribution in [0.25, 0.3) is 0 Å². The first-order valence-electron chi connectivity index (χ1n) is 10.4. The quantitative estimate of drug-likeness (QED) is 0.337. The van der Waals surface area contributed by atoms with Gasteiger partial charge in [0.05, 0.1) is 41.2 Å². The number of halogens is 2. The van der Waals surface area contributed by atoms with Gasteiger partial charge in [0.2, 0.25) is 0 Å². The normalized spacial score (nSPS) is 10.7. The lowest BCUT2D eigenvalue weighted by atomic mass is 10.1. The summed E-state index contributed by atoms with van der Waals surface area (Å²) < 4.78 is 20.8. The fourth-order valence-electron chi connectivity index (χ4n) is 3.47. The number of thiophene rings is 1. The van der Waals surface area contributed by atoms with Gasteiger partial charge in [-0.1, -0.05) is 17.7 Å². The van der Waals surface area contributed by atoms with Gasteiger partial charge in [0, 0.05) is 24.7 Å².